The first kappa shape index (κ1) is 15.5. The minimum atomic E-state index is 0.445. The van der Waals surface area contributed by atoms with Crippen LogP contribution in [0, 0.1) is 0 Å². The Bertz CT molecular complexity index is 829. The summed E-state index contributed by atoms with van der Waals surface area (Å²) in [6.45, 7) is 6.74. The average Bonchev–Trinajstić information content (AvgIpc) is 3.26. The Morgan fingerprint density at radius 3 is 2.83 bits per heavy atom. The van der Waals surface area contributed by atoms with E-state index in [9.17, 15) is 0 Å². The molecular formula is C19H22N4S. The van der Waals surface area contributed by atoms with Gasteiger partial charge in [0.25, 0.3) is 0 Å². The van der Waals surface area contributed by atoms with Gasteiger partial charge in [0.15, 0.2) is 5.82 Å². The summed E-state index contributed by atoms with van der Waals surface area (Å²) in [4.78, 5) is 12.1. The minimum Gasteiger partial charge on any atom is -0.365 e. The van der Waals surface area contributed by atoms with E-state index in [1.807, 2.05) is 6.07 Å². The lowest BCUT2D eigenvalue weighted by Crippen LogP contribution is -2.31. The molecule has 24 heavy (non-hydrogen) atoms. The summed E-state index contributed by atoms with van der Waals surface area (Å²) in [7, 11) is 0. The molecule has 1 saturated heterocycles. The summed E-state index contributed by atoms with van der Waals surface area (Å²) in [5, 5.41) is 8.95. The van der Waals surface area contributed by atoms with Crippen molar-refractivity contribution in [3.8, 4) is 11.4 Å². The SMILES string of the molecule is CC(C)N1CC[C@@H](Nc2nc(-c3ccsc3)nc3ccccc23)C1. The first-order chi connectivity index (χ1) is 11.7. The Kier molecular flexibility index (Phi) is 4.21. The quantitative estimate of drug-likeness (QED) is 0.772. The molecule has 3 aromatic rings. The zero-order chi connectivity index (χ0) is 16.5. The van der Waals surface area contributed by atoms with E-state index in [2.05, 4.69) is 59.1 Å². The number of fused-ring (bicyclic) bond motifs is 1. The highest BCUT2D eigenvalue weighted by Crippen LogP contribution is 2.27. The third-order valence-electron chi connectivity index (χ3n) is 4.67. The van der Waals surface area contributed by atoms with Crippen molar-refractivity contribution in [1.82, 2.24) is 14.9 Å². The zero-order valence-corrected chi connectivity index (χ0v) is 14.9. The highest BCUT2D eigenvalue weighted by Gasteiger charge is 2.25. The van der Waals surface area contributed by atoms with Crippen LogP contribution in [-0.4, -0.2) is 40.0 Å². The number of benzene rings is 1. The van der Waals surface area contributed by atoms with Crippen molar-refractivity contribution in [2.45, 2.75) is 32.4 Å². The minimum absolute atomic E-state index is 0.445. The van der Waals surface area contributed by atoms with Crippen LogP contribution in [0.3, 0.4) is 0 Å². The number of anilines is 1. The molecule has 0 aliphatic carbocycles. The molecule has 0 bridgehead atoms. The summed E-state index contributed by atoms with van der Waals surface area (Å²) in [5.41, 5.74) is 2.08. The van der Waals surface area contributed by atoms with Crippen LogP contribution in [0.1, 0.15) is 20.3 Å². The lowest BCUT2D eigenvalue weighted by atomic mass is 10.2. The molecule has 4 nitrogen and oxygen atoms in total. The van der Waals surface area contributed by atoms with Crippen LogP contribution in [0.15, 0.2) is 41.1 Å². The van der Waals surface area contributed by atoms with Gasteiger partial charge >= 0.3 is 0 Å². The van der Waals surface area contributed by atoms with Crippen molar-refractivity contribution in [3.05, 3.63) is 41.1 Å². The van der Waals surface area contributed by atoms with Crippen molar-refractivity contribution in [3.63, 3.8) is 0 Å². The molecule has 1 aliphatic rings. The van der Waals surface area contributed by atoms with Gasteiger partial charge in [0.05, 0.1) is 5.52 Å². The number of nitrogens with zero attached hydrogens (tertiary/aromatic N) is 3. The van der Waals surface area contributed by atoms with Gasteiger partial charge < -0.3 is 5.32 Å². The summed E-state index contributed by atoms with van der Waals surface area (Å²) >= 11 is 1.67. The molecular weight excluding hydrogens is 316 g/mol. The summed E-state index contributed by atoms with van der Waals surface area (Å²) in [5.74, 6) is 1.76. The fraction of sp³-hybridized carbons (Fsp3) is 0.368. The maximum atomic E-state index is 4.84. The number of para-hydroxylation sites is 1. The van der Waals surface area contributed by atoms with Gasteiger partial charge in [-0.3, -0.25) is 4.90 Å². The second kappa shape index (κ2) is 6.49. The fourth-order valence-corrected chi connectivity index (χ4v) is 3.91. The van der Waals surface area contributed by atoms with E-state index in [4.69, 9.17) is 9.97 Å². The standard InChI is InChI=1S/C19H22N4S/c1-13(2)23-9-7-15(11-23)20-19-16-5-3-4-6-17(16)21-18(22-19)14-8-10-24-12-14/h3-6,8,10,12-13,15H,7,9,11H2,1-2H3,(H,20,21,22)/t15-/m1/s1. The van der Waals surface area contributed by atoms with Gasteiger partial charge in [-0.25, -0.2) is 9.97 Å². The largest absolute Gasteiger partial charge is 0.365 e. The van der Waals surface area contributed by atoms with E-state index in [0.717, 1.165) is 47.6 Å². The number of aromatic nitrogens is 2. The third-order valence-corrected chi connectivity index (χ3v) is 5.36. The monoisotopic (exact) mass is 338 g/mol. The van der Waals surface area contributed by atoms with Gasteiger partial charge in [-0.2, -0.15) is 11.3 Å². The Hall–Kier alpha value is -1.98. The number of rotatable bonds is 4. The predicted octanol–water partition coefficient (Wildman–Crippen LogP) is 4.25. The van der Waals surface area contributed by atoms with Crippen molar-refractivity contribution in [2.75, 3.05) is 18.4 Å². The van der Waals surface area contributed by atoms with E-state index in [1.165, 1.54) is 0 Å². The highest BCUT2D eigenvalue weighted by molar-refractivity contribution is 7.08. The van der Waals surface area contributed by atoms with Crippen LogP contribution in [0.25, 0.3) is 22.3 Å². The fourth-order valence-electron chi connectivity index (χ4n) is 3.27. The molecule has 1 N–H and O–H groups in total. The van der Waals surface area contributed by atoms with E-state index < -0.39 is 0 Å². The van der Waals surface area contributed by atoms with Crippen molar-refractivity contribution < 1.29 is 0 Å². The van der Waals surface area contributed by atoms with Gasteiger partial charge in [0, 0.05) is 41.5 Å². The molecule has 5 heteroatoms. The molecule has 124 valence electrons. The van der Waals surface area contributed by atoms with Gasteiger partial charge in [0.1, 0.15) is 5.82 Å². The Morgan fingerprint density at radius 1 is 1.21 bits per heavy atom. The maximum Gasteiger partial charge on any atom is 0.162 e. The Labute approximate surface area is 146 Å². The number of nitrogens with one attached hydrogen (secondary N) is 1. The highest BCUT2D eigenvalue weighted by atomic mass is 32.1. The maximum absolute atomic E-state index is 4.84. The molecule has 0 saturated carbocycles. The van der Waals surface area contributed by atoms with Crippen LogP contribution >= 0.6 is 11.3 Å². The smallest absolute Gasteiger partial charge is 0.162 e. The molecule has 1 atom stereocenters. The Morgan fingerprint density at radius 2 is 2.08 bits per heavy atom. The molecule has 1 aliphatic heterocycles. The number of hydrogen-bond acceptors (Lipinski definition) is 5. The van der Waals surface area contributed by atoms with Gasteiger partial charge in [-0.05, 0) is 43.8 Å². The summed E-state index contributed by atoms with van der Waals surface area (Å²) < 4.78 is 0. The van der Waals surface area contributed by atoms with E-state index >= 15 is 0 Å². The molecule has 0 amide bonds. The van der Waals surface area contributed by atoms with Gasteiger partial charge in [-0.1, -0.05) is 12.1 Å². The number of hydrogen-bond donors (Lipinski definition) is 1. The van der Waals surface area contributed by atoms with Crippen LogP contribution < -0.4 is 5.32 Å². The van der Waals surface area contributed by atoms with Gasteiger partial charge in [0.2, 0.25) is 0 Å². The van der Waals surface area contributed by atoms with Crippen LogP contribution in [0.2, 0.25) is 0 Å². The molecule has 3 heterocycles. The molecule has 0 spiro atoms. The molecule has 2 aromatic heterocycles. The predicted molar refractivity (Wildman–Crippen MR) is 102 cm³/mol. The molecule has 0 radical (unpaired) electrons. The van der Waals surface area contributed by atoms with Crippen LogP contribution in [-0.2, 0) is 0 Å². The van der Waals surface area contributed by atoms with Crippen LogP contribution in [0.4, 0.5) is 5.82 Å². The molecule has 1 fully saturated rings. The normalized spacial score (nSPS) is 18.5. The van der Waals surface area contributed by atoms with Crippen molar-refractivity contribution >= 4 is 28.1 Å². The lowest BCUT2D eigenvalue weighted by Gasteiger charge is -2.21. The first-order valence-electron chi connectivity index (χ1n) is 8.50. The summed E-state index contributed by atoms with van der Waals surface area (Å²) in [6, 6.07) is 11.4. The third kappa shape index (κ3) is 3.01. The summed E-state index contributed by atoms with van der Waals surface area (Å²) in [6.07, 6.45) is 1.16. The van der Waals surface area contributed by atoms with Crippen LogP contribution in [0.5, 0.6) is 0 Å². The first-order valence-corrected chi connectivity index (χ1v) is 9.45. The average molecular weight is 338 g/mol. The van der Waals surface area contributed by atoms with Crippen molar-refractivity contribution in [2.24, 2.45) is 0 Å². The lowest BCUT2D eigenvalue weighted by molar-refractivity contribution is 0.274. The zero-order valence-electron chi connectivity index (χ0n) is 14.1. The number of thiophene rings is 1. The molecule has 0 unspecified atom stereocenters. The Balaban J connectivity index is 1.69. The van der Waals surface area contributed by atoms with E-state index in [0.29, 0.717) is 12.1 Å². The molecule has 4 rings (SSSR count). The second-order valence-corrected chi connectivity index (χ2v) is 7.42. The topological polar surface area (TPSA) is 41.0 Å². The van der Waals surface area contributed by atoms with Crippen molar-refractivity contribution in [1.29, 1.82) is 0 Å². The molecule has 1 aromatic carbocycles. The number of likely N-dealkylation sites (tertiary alicyclic amines) is 1. The van der Waals surface area contributed by atoms with Gasteiger partial charge in [-0.15, -0.1) is 0 Å². The van der Waals surface area contributed by atoms with E-state index in [1.54, 1.807) is 11.3 Å². The second-order valence-electron chi connectivity index (χ2n) is 6.64. The van der Waals surface area contributed by atoms with E-state index in [-0.39, 0.29) is 0 Å².